The van der Waals surface area contributed by atoms with Crippen LogP contribution < -0.4 is 11.1 Å². The van der Waals surface area contributed by atoms with Gasteiger partial charge in [-0.2, -0.15) is 0 Å². The minimum Gasteiger partial charge on any atom is -0.392 e. The third-order valence-corrected chi connectivity index (χ3v) is 2.95. The molecule has 3 atom stereocenters. The standard InChI is InChI=1S/C9H18N2O2/c1-5(10)8(13)11-6-4-7(12)9(6,2)3/h5-7,12H,4,10H2,1-3H3,(H,11,13). The van der Waals surface area contributed by atoms with E-state index in [1.165, 1.54) is 0 Å². The Bertz CT molecular complexity index is 214. The molecule has 1 saturated carbocycles. The van der Waals surface area contributed by atoms with Crippen molar-refractivity contribution in [1.82, 2.24) is 5.32 Å². The van der Waals surface area contributed by atoms with Crippen LogP contribution in [0.3, 0.4) is 0 Å². The molecule has 0 aromatic rings. The molecular weight excluding hydrogens is 168 g/mol. The van der Waals surface area contributed by atoms with Crippen LogP contribution in [0.5, 0.6) is 0 Å². The van der Waals surface area contributed by atoms with Gasteiger partial charge >= 0.3 is 0 Å². The quantitative estimate of drug-likeness (QED) is 0.549. The number of carbonyl (C=O) groups is 1. The lowest BCUT2D eigenvalue weighted by Crippen LogP contribution is -2.62. The Labute approximate surface area is 78.5 Å². The van der Waals surface area contributed by atoms with E-state index >= 15 is 0 Å². The summed E-state index contributed by atoms with van der Waals surface area (Å²) in [5.74, 6) is -0.148. The van der Waals surface area contributed by atoms with Gasteiger partial charge in [0.2, 0.25) is 5.91 Å². The highest BCUT2D eigenvalue weighted by Gasteiger charge is 2.47. The van der Waals surface area contributed by atoms with Gasteiger partial charge in [0, 0.05) is 11.5 Å². The van der Waals surface area contributed by atoms with Gasteiger partial charge in [-0.25, -0.2) is 0 Å². The second-order valence-electron chi connectivity index (χ2n) is 4.42. The first-order valence-electron chi connectivity index (χ1n) is 4.59. The largest absolute Gasteiger partial charge is 0.392 e. The molecule has 1 amide bonds. The van der Waals surface area contributed by atoms with E-state index in [0.29, 0.717) is 6.42 Å². The fourth-order valence-corrected chi connectivity index (χ4v) is 1.45. The summed E-state index contributed by atoms with van der Waals surface area (Å²) in [5, 5.41) is 12.2. The van der Waals surface area contributed by atoms with Crippen LogP contribution >= 0.6 is 0 Å². The Morgan fingerprint density at radius 1 is 1.69 bits per heavy atom. The smallest absolute Gasteiger partial charge is 0.236 e. The molecule has 1 aliphatic rings. The summed E-state index contributed by atoms with van der Waals surface area (Å²) in [7, 11) is 0. The molecule has 0 bridgehead atoms. The minimum atomic E-state index is -0.478. The molecule has 1 fully saturated rings. The zero-order valence-corrected chi connectivity index (χ0v) is 8.37. The lowest BCUT2D eigenvalue weighted by molar-refractivity contribution is -0.130. The van der Waals surface area contributed by atoms with Crippen molar-refractivity contribution in [3.63, 3.8) is 0 Å². The molecule has 0 radical (unpaired) electrons. The van der Waals surface area contributed by atoms with Crippen molar-refractivity contribution in [2.45, 2.75) is 45.4 Å². The van der Waals surface area contributed by atoms with E-state index < -0.39 is 6.04 Å². The Morgan fingerprint density at radius 2 is 2.23 bits per heavy atom. The molecule has 4 nitrogen and oxygen atoms in total. The van der Waals surface area contributed by atoms with Gasteiger partial charge in [-0.3, -0.25) is 4.79 Å². The molecule has 0 spiro atoms. The predicted molar refractivity (Wildman–Crippen MR) is 50.0 cm³/mol. The average Bonchev–Trinajstić information content (AvgIpc) is 2.03. The van der Waals surface area contributed by atoms with E-state index in [1.54, 1.807) is 6.92 Å². The Morgan fingerprint density at radius 3 is 2.54 bits per heavy atom. The summed E-state index contributed by atoms with van der Waals surface area (Å²) in [4.78, 5) is 11.2. The summed E-state index contributed by atoms with van der Waals surface area (Å²) < 4.78 is 0. The number of nitrogens with one attached hydrogen (secondary N) is 1. The molecule has 0 aliphatic heterocycles. The van der Waals surface area contributed by atoms with Crippen molar-refractivity contribution in [1.29, 1.82) is 0 Å². The van der Waals surface area contributed by atoms with Gasteiger partial charge in [0.05, 0.1) is 12.1 Å². The zero-order chi connectivity index (χ0) is 10.2. The molecule has 13 heavy (non-hydrogen) atoms. The number of nitrogens with two attached hydrogens (primary N) is 1. The monoisotopic (exact) mass is 186 g/mol. The van der Waals surface area contributed by atoms with Gasteiger partial charge in [-0.1, -0.05) is 13.8 Å². The van der Waals surface area contributed by atoms with Crippen LogP contribution in [0, 0.1) is 5.41 Å². The number of hydrogen-bond acceptors (Lipinski definition) is 3. The molecule has 0 aromatic heterocycles. The molecule has 4 heteroatoms. The number of amides is 1. The number of carbonyl (C=O) groups excluding carboxylic acids is 1. The minimum absolute atomic E-state index is 0.0565. The van der Waals surface area contributed by atoms with E-state index in [2.05, 4.69) is 5.32 Å². The van der Waals surface area contributed by atoms with E-state index in [0.717, 1.165) is 0 Å². The highest BCUT2D eigenvalue weighted by Crippen LogP contribution is 2.40. The van der Waals surface area contributed by atoms with Crippen molar-refractivity contribution >= 4 is 5.91 Å². The number of rotatable bonds is 2. The van der Waals surface area contributed by atoms with E-state index in [9.17, 15) is 9.90 Å². The average molecular weight is 186 g/mol. The predicted octanol–water partition coefficient (Wildman–Crippen LogP) is -0.391. The highest BCUT2D eigenvalue weighted by atomic mass is 16.3. The zero-order valence-electron chi connectivity index (χ0n) is 8.37. The molecule has 0 saturated heterocycles. The fraction of sp³-hybridized carbons (Fsp3) is 0.889. The molecule has 4 N–H and O–H groups in total. The van der Waals surface area contributed by atoms with Gasteiger partial charge in [0.1, 0.15) is 0 Å². The van der Waals surface area contributed by atoms with Crippen LogP contribution in [0.15, 0.2) is 0 Å². The Kier molecular flexibility index (Phi) is 2.63. The van der Waals surface area contributed by atoms with Gasteiger partial charge in [-0.05, 0) is 13.3 Å². The molecule has 3 unspecified atom stereocenters. The summed E-state index contributed by atoms with van der Waals surface area (Å²) in [6.45, 7) is 5.53. The molecule has 0 heterocycles. The van der Waals surface area contributed by atoms with Gasteiger partial charge < -0.3 is 16.2 Å². The maximum atomic E-state index is 11.2. The topological polar surface area (TPSA) is 75.4 Å². The molecule has 1 rings (SSSR count). The second-order valence-corrected chi connectivity index (χ2v) is 4.42. The van der Waals surface area contributed by atoms with Crippen LogP contribution in [0.1, 0.15) is 27.2 Å². The third kappa shape index (κ3) is 1.84. The summed E-state index contributed by atoms with van der Waals surface area (Å²) >= 11 is 0. The van der Waals surface area contributed by atoms with Crippen molar-refractivity contribution in [2.75, 3.05) is 0 Å². The first kappa shape index (κ1) is 10.5. The van der Waals surface area contributed by atoms with Crippen molar-refractivity contribution in [3.05, 3.63) is 0 Å². The molecule has 76 valence electrons. The normalized spacial score (nSPS) is 33.3. The van der Waals surface area contributed by atoms with E-state index in [1.807, 2.05) is 13.8 Å². The van der Waals surface area contributed by atoms with Crippen molar-refractivity contribution < 1.29 is 9.90 Å². The fourth-order valence-electron chi connectivity index (χ4n) is 1.45. The maximum absolute atomic E-state index is 11.2. The van der Waals surface area contributed by atoms with Crippen LogP contribution in [0.2, 0.25) is 0 Å². The van der Waals surface area contributed by atoms with Crippen molar-refractivity contribution in [2.24, 2.45) is 11.1 Å². The maximum Gasteiger partial charge on any atom is 0.236 e. The first-order chi connectivity index (χ1) is 5.85. The second kappa shape index (κ2) is 3.27. The number of hydrogen-bond donors (Lipinski definition) is 3. The lowest BCUT2D eigenvalue weighted by Gasteiger charge is -2.49. The van der Waals surface area contributed by atoms with Crippen molar-refractivity contribution in [3.8, 4) is 0 Å². The van der Waals surface area contributed by atoms with Crippen LogP contribution in [0.25, 0.3) is 0 Å². The lowest BCUT2D eigenvalue weighted by atomic mass is 9.64. The van der Waals surface area contributed by atoms with Crippen LogP contribution in [0.4, 0.5) is 0 Å². The highest BCUT2D eigenvalue weighted by molar-refractivity contribution is 5.81. The van der Waals surface area contributed by atoms with Gasteiger partial charge in [-0.15, -0.1) is 0 Å². The number of aliphatic hydroxyl groups is 1. The van der Waals surface area contributed by atoms with Gasteiger partial charge in [0.25, 0.3) is 0 Å². The molecular formula is C9H18N2O2. The summed E-state index contributed by atoms with van der Waals surface area (Å²) in [6, 6.07) is -0.422. The molecule has 1 aliphatic carbocycles. The SMILES string of the molecule is CC(N)C(=O)NC1CC(O)C1(C)C. The van der Waals surface area contributed by atoms with Gasteiger partial charge in [0.15, 0.2) is 0 Å². The molecule has 0 aromatic carbocycles. The summed E-state index contributed by atoms with van der Waals surface area (Å²) in [5.41, 5.74) is 5.19. The Balaban J connectivity index is 2.45. The third-order valence-electron chi connectivity index (χ3n) is 2.95. The summed E-state index contributed by atoms with van der Waals surface area (Å²) in [6.07, 6.45) is 0.316. The van der Waals surface area contributed by atoms with Crippen LogP contribution in [-0.2, 0) is 4.79 Å². The van der Waals surface area contributed by atoms with Crippen LogP contribution in [-0.4, -0.2) is 29.2 Å². The first-order valence-corrected chi connectivity index (χ1v) is 4.59. The number of aliphatic hydroxyl groups excluding tert-OH is 1. The van der Waals surface area contributed by atoms with E-state index in [-0.39, 0.29) is 23.5 Å². The van der Waals surface area contributed by atoms with E-state index in [4.69, 9.17) is 5.73 Å². The Hall–Kier alpha value is -0.610.